The summed E-state index contributed by atoms with van der Waals surface area (Å²) in [7, 11) is 0. The van der Waals surface area contributed by atoms with Crippen LogP contribution >= 0.6 is 11.8 Å². The summed E-state index contributed by atoms with van der Waals surface area (Å²) in [5, 5.41) is 9.90. The molecule has 16 heavy (non-hydrogen) atoms. The first-order valence-electron chi connectivity index (χ1n) is 4.95. The van der Waals surface area contributed by atoms with E-state index in [0.717, 1.165) is 10.5 Å². The van der Waals surface area contributed by atoms with E-state index < -0.39 is 0 Å². The van der Waals surface area contributed by atoms with E-state index in [0.29, 0.717) is 12.1 Å². The number of aliphatic hydroxyl groups is 1. The summed E-state index contributed by atoms with van der Waals surface area (Å²) in [4.78, 5) is 15.2. The molecule has 0 fully saturated rings. The van der Waals surface area contributed by atoms with E-state index in [1.807, 2.05) is 6.92 Å². The highest BCUT2D eigenvalue weighted by molar-refractivity contribution is 8.00. The molecule has 2 heterocycles. The largest absolute Gasteiger partial charge is 0.396 e. The first-order chi connectivity index (χ1) is 7.70. The van der Waals surface area contributed by atoms with Crippen LogP contribution in [0.4, 0.5) is 5.95 Å². The Balaban J connectivity index is 2.31. The zero-order chi connectivity index (χ0) is 11.5. The van der Waals surface area contributed by atoms with Crippen molar-refractivity contribution in [1.29, 1.82) is 0 Å². The molecule has 1 unspecified atom stereocenters. The van der Waals surface area contributed by atoms with Crippen LogP contribution in [0.25, 0.3) is 11.2 Å². The van der Waals surface area contributed by atoms with Gasteiger partial charge in [0.2, 0.25) is 5.95 Å². The van der Waals surface area contributed by atoms with E-state index >= 15 is 0 Å². The molecule has 2 aromatic heterocycles. The highest BCUT2D eigenvalue weighted by Crippen LogP contribution is 2.28. The first kappa shape index (κ1) is 11.2. The van der Waals surface area contributed by atoms with E-state index in [1.165, 1.54) is 0 Å². The summed E-state index contributed by atoms with van der Waals surface area (Å²) in [6, 6.07) is 0. The monoisotopic (exact) mass is 239 g/mol. The number of aromatic nitrogens is 4. The molecule has 6 nitrogen and oxygen atoms in total. The molecule has 0 amide bonds. The Hall–Kier alpha value is -1.34. The number of nitrogen functional groups attached to an aromatic ring is 1. The lowest BCUT2D eigenvalue weighted by atomic mass is 10.3. The molecule has 0 bridgehead atoms. The average Bonchev–Trinajstić information content (AvgIpc) is 2.65. The van der Waals surface area contributed by atoms with Gasteiger partial charge in [0.15, 0.2) is 5.65 Å². The molecule has 0 saturated heterocycles. The quantitative estimate of drug-likeness (QED) is 0.539. The number of aliphatic hydroxyl groups excluding tert-OH is 1. The van der Waals surface area contributed by atoms with Crippen molar-refractivity contribution in [3.8, 4) is 0 Å². The van der Waals surface area contributed by atoms with Gasteiger partial charge in [-0.25, -0.2) is 9.97 Å². The van der Waals surface area contributed by atoms with Crippen molar-refractivity contribution in [2.45, 2.75) is 23.6 Å². The maximum absolute atomic E-state index is 8.85. The second kappa shape index (κ2) is 4.67. The number of anilines is 1. The molecule has 86 valence electrons. The SMILES string of the molecule is CC(CCO)Sc1nc(N)nc2nc[nH]c12. The van der Waals surface area contributed by atoms with Gasteiger partial charge in [-0.2, -0.15) is 4.98 Å². The Labute approximate surface area is 96.7 Å². The minimum atomic E-state index is 0.168. The fourth-order valence-electron chi connectivity index (χ4n) is 1.34. The van der Waals surface area contributed by atoms with Crippen molar-refractivity contribution in [1.82, 2.24) is 19.9 Å². The highest BCUT2D eigenvalue weighted by Gasteiger charge is 2.12. The Morgan fingerprint density at radius 3 is 3.12 bits per heavy atom. The van der Waals surface area contributed by atoms with Gasteiger partial charge in [-0.3, -0.25) is 0 Å². The average molecular weight is 239 g/mol. The molecular weight excluding hydrogens is 226 g/mol. The number of nitrogens with zero attached hydrogens (tertiary/aromatic N) is 3. The van der Waals surface area contributed by atoms with Gasteiger partial charge in [-0.15, -0.1) is 11.8 Å². The van der Waals surface area contributed by atoms with Crippen molar-refractivity contribution >= 4 is 28.9 Å². The number of aromatic amines is 1. The van der Waals surface area contributed by atoms with Crippen LogP contribution in [-0.4, -0.2) is 36.9 Å². The van der Waals surface area contributed by atoms with Gasteiger partial charge in [0.05, 0.1) is 6.33 Å². The fourth-order valence-corrected chi connectivity index (χ4v) is 2.36. The smallest absolute Gasteiger partial charge is 0.223 e. The molecule has 0 saturated carbocycles. The van der Waals surface area contributed by atoms with Crippen molar-refractivity contribution in [2.24, 2.45) is 0 Å². The molecule has 4 N–H and O–H groups in total. The lowest BCUT2D eigenvalue weighted by Crippen LogP contribution is -2.02. The maximum atomic E-state index is 8.85. The van der Waals surface area contributed by atoms with Crippen LogP contribution in [0.15, 0.2) is 11.4 Å². The Morgan fingerprint density at radius 2 is 2.38 bits per heavy atom. The molecule has 0 aliphatic carbocycles. The van der Waals surface area contributed by atoms with Crippen LogP contribution in [0.1, 0.15) is 13.3 Å². The fraction of sp³-hybridized carbons (Fsp3) is 0.444. The predicted octanol–water partition coefficient (Wildman–Crippen LogP) is 0.798. The molecule has 2 rings (SSSR count). The van der Waals surface area contributed by atoms with E-state index in [-0.39, 0.29) is 17.8 Å². The van der Waals surface area contributed by atoms with E-state index in [1.54, 1.807) is 18.1 Å². The molecular formula is C9H13N5OS. The number of nitrogens with one attached hydrogen (secondary N) is 1. The zero-order valence-electron chi connectivity index (χ0n) is 8.84. The number of hydrogen-bond donors (Lipinski definition) is 3. The van der Waals surface area contributed by atoms with Crippen LogP contribution in [0.3, 0.4) is 0 Å². The van der Waals surface area contributed by atoms with E-state index in [9.17, 15) is 0 Å². The third-order valence-electron chi connectivity index (χ3n) is 2.12. The summed E-state index contributed by atoms with van der Waals surface area (Å²) in [6.07, 6.45) is 2.28. The Morgan fingerprint density at radius 1 is 1.56 bits per heavy atom. The lowest BCUT2D eigenvalue weighted by Gasteiger charge is -2.08. The predicted molar refractivity (Wildman–Crippen MR) is 63.1 cm³/mol. The Bertz CT molecular complexity index is 486. The normalized spacial score (nSPS) is 13.1. The summed E-state index contributed by atoms with van der Waals surface area (Å²) in [5.41, 5.74) is 6.97. The minimum absolute atomic E-state index is 0.168. The summed E-state index contributed by atoms with van der Waals surface area (Å²) in [5.74, 6) is 0.221. The summed E-state index contributed by atoms with van der Waals surface area (Å²) in [6.45, 7) is 2.20. The van der Waals surface area contributed by atoms with Gasteiger partial charge < -0.3 is 15.8 Å². The Kier molecular flexibility index (Phi) is 3.25. The van der Waals surface area contributed by atoms with Crippen LogP contribution in [0.2, 0.25) is 0 Å². The number of rotatable bonds is 4. The maximum Gasteiger partial charge on any atom is 0.223 e. The third kappa shape index (κ3) is 2.25. The number of H-pyrrole nitrogens is 1. The number of hydrogen-bond acceptors (Lipinski definition) is 6. The molecule has 0 radical (unpaired) electrons. The number of imidazole rings is 1. The molecule has 7 heteroatoms. The van der Waals surface area contributed by atoms with Gasteiger partial charge in [-0.1, -0.05) is 6.92 Å². The van der Waals surface area contributed by atoms with Crippen molar-refractivity contribution < 1.29 is 5.11 Å². The minimum Gasteiger partial charge on any atom is -0.396 e. The van der Waals surface area contributed by atoms with Crippen molar-refractivity contribution in [3.05, 3.63) is 6.33 Å². The highest BCUT2D eigenvalue weighted by atomic mass is 32.2. The molecule has 1 atom stereocenters. The zero-order valence-corrected chi connectivity index (χ0v) is 9.66. The van der Waals surface area contributed by atoms with Crippen molar-refractivity contribution in [3.63, 3.8) is 0 Å². The number of thioether (sulfide) groups is 1. The second-order valence-corrected chi connectivity index (χ2v) is 4.86. The van der Waals surface area contributed by atoms with Crippen molar-refractivity contribution in [2.75, 3.05) is 12.3 Å². The van der Waals surface area contributed by atoms with Crippen LogP contribution in [0, 0.1) is 0 Å². The second-order valence-electron chi connectivity index (χ2n) is 3.43. The summed E-state index contributed by atoms with van der Waals surface area (Å²) < 4.78 is 0. The van der Waals surface area contributed by atoms with Crippen LogP contribution in [0.5, 0.6) is 0 Å². The van der Waals surface area contributed by atoms with Gasteiger partial charge in [-0.05, 0) is 6.42 Å². The lowest BCUT2D eigenvalue weighted by molar-refractivity contribution is 0.289. The van der Waals surface area contributed by atoms with Crippen LogP contribution < -0.4 is 5.73 Å². The molecule has 0 aliphatic heterocycles. The van der Waals surface area contributed by atoms with Gasteiger partial charge in [0.1, 0.15) is 10.5 Å². The third-order valence-corrected chi connectivity index (χ3v) is 3.27. The van der Waals surface area contributed by atoms with Gasteiger partial charge in [0.25, 0.3) is 0 Å². The number of fused-ring (bicyclic) bond motifs is 1. The molecule has 0 spiro atoms. The van der Waals surface area contributed by atoms with E-state index in [4.69, 9.17) is 10.8 Å². The van der Waals surface area contributed by atoms with E-state index in [2.05, 4.69) is 19.9 Å². The first-order valence-corrected chi connectivity index (χ1v) is 5.82. The topological polar surface area (TPSA) is 101 Å². The summed E-state index contributed by atoms with van der Waals surface area (Å²) >= 11 is 1.55. The van der Waals surface area contributed by atoms with Gasteiger partial charge in [0, 0.05) is 11.9 Å². The molecule has 0 aromatic carbocycles. The molecule has 2 aromatic rings. The van der Waals surface area contributed by atoms with Crippen LogP contribution in [-0.2, 0) is 0 Å². The number of nitrogens with two attached hydrogens (primary N) is 1. The van der Waals surface area contributed by atoms with Gasteiger partial charge >= 0.3 is 0 Å². The molecule has 0 aliphatic rings. The standard InChI is InChI=1S/C9H13N5OS/c1-5(2-3-15)16-8-6-7(12-4-11-6)13-9(10)14-8/h4-5,15H,2-3H2,1H3,(H3,10,11,12,13,14).